The van der Waals surface area contributed by atoms with E-state index in [1.54, 1.807) is 4.68 Å². The van der Waals surface area contributed by atoms with Gasteiger partial charge in [-0.1, -0.05) is 11.6 Å². The summed E-state index contributed by atoms with van der Waals surface area (Å²) in [5, 5.41) is 11.0. The first kappa shape index (κ1) is 12.8. The molecule has 0 aliphatic rings. The largest absolute Gasteiger partial charge is 0.483 e. The molecule has 0 saturated heterocycles. The van der Waals surface area contributed by atoms with Gasteiger partial charge in [-0.15, -0.1) is 0 Å². The van der Waals surface area contributed by atoms with E-state index in [4.69, 9.17) is 15.6 Å². The minimum Gasteiger partial charge on any atom is -0.483 e. The monoisotopic (exact) mass is 233 g/mol. The molecule has 5 nitrogen and oxygen atoms in total. The van der Waals surface area contributed by atoms with Gasteiger partial charge in [-0.3, -0.25) is 9.48 Å². The number of benzene rings is 1. The van der Waals surface area contributed by atoms with Crippen molar-refractivity contribution in [2.24, 2.45) is 7.05 Å². The van der Waals surface area contributed by atoms with E-state index >= 15 is 0 Å². The van der Waals surface area contributed by atoms with Crippen LogP contribution in [0.15, 0.2) is 30.6 Å². The minimum atomic E-state index is -0.250. The van der Waals surface area contributed by atoms with Crippen LogP contribution in [-0.2, 0) is 11.8 Å². The lowest BCUT2D eigenvalue weighted by atomic mass is 10.1. The molecular weight excluding hydrogens is 218 g/mol. The highest BCUT2D eigenvalue weighted by Gasteiger charge is 2.04. The molecule has 0 fully saturated rings. The van der Waals surface area contributed by atoms with Gasteiger partial charge in [-0.2, -0.15) is 5.10 Å². The molecule has 0 unspecified atom stereocenters. The van der Waals surface area contributed by atoms with Crippen molar-refractivity contribution in [3.63, 3.8) is 0 Å². The second-order valence-corrected chi connectivity index (χ2v) is 3.60. The van der Waals surface area contributed by atoms with Gasteiger partial charge in [0, 0.05) is 30.1 Å². The van der Waals surface area contributed by atoms with Crippen molar-refractivity contribution in [2.45, 2.75) is 6.92 Å². The van der Waals surface area contributed by atoms with E-state index in [1.807, 2.05) is 31.6 Å². The van der Waals surface area contributed by atoms with Gasteiger partial charge in [0.25, 0.3) is 6.47 Å². The Morgan fingerprint density at radius 2 is 2.12 bits per heavy atom. The maximum Gasteiger partial charge on any atom is 0.290 e. The van der Waals surface area contributed by atoms with Gasteiger partial charge >= 0.3 is 0 Å². The van der Waals surface area contributed by atoms with Crippen molar-refractivity contribution in [3.05, 3.63) is 36.2 Å². The molecule has 0 atom stereocenters. The van der Waals surface area contributed by atoms with Crippen LogP contribution in [-0.4, -0.2) is 21.4 Å². The molecule has 0 aliphatic heterocycles. The number of aryl methyl sites for hydroxylation is 2. The molecular formula is C12H15N3O2. The quantitative estimate of drug-likeness (QED) is 0.580. The molecule has 5 heteroatoms. The van der Waals surface area contributed by atoms with Crippen molar-refractivity contribution in [2.75, 3.05) is 5.73 Å². The Hall–Kier alpha value is -2.30. The molecule has 0 bridgehead atoms. The normalized spacial score (nSPS) is 9.29. The zero-order valence-corrected chi connectivity index (χ0v) is 9.79. The summed E-state index contributed by atoms with van der Waals surface area (Å²) < 4.78 is 1.77. The zero-order valence-electron chi connectivity index (χ0n) is 9.79. The van der Waals surface area contributed by atoms with Crippen LogP contribution in [0.5, 0.6) is 0 Å². The van der Waals surface area contributed by atoms with E-state index in [2.05, 4.69) is 18.1 Å². The molecule has 2 rings (SSSR count). The predicted octanol–water partition coefficient (Wildman–Crippen LogP) is 1.68. The summed E-state index contributed by atoms with van der Waals surface area (Å²) in [5.41, 5.74) is 10.0. The highest BCUT2D eigenvalue weighted by molar-refractivity contribution is 5.75. The predicted molar refractivity (Wildman–Crippen MR) is 66.5 cm³/mol. The number of hydrogen-bond donors (Lipinski definition) is 2. The fraction of sp³-hybridized carbons (Fsp3) is 0.167. The summed E-state index contributed by atoms with van der Waals surface area (Å²) in [7, 11) is 1.90. The third kappa shape index (κ3) is 3.34. The fourth-order valence-electron chi connectivity index (χ4n) is 1.48. The maximum absolute atomic E-state index is 8.36. The van der Waals surface area contributed by atoms with Gasteiger partial charge in [0.1, 0.15) is 0 Å². The van der Waals surface area contributed by atoms with Crippen molar-refractivity contribution in [3.8, 4) is 11.1 Å². The Bertz CT molecular complexity index is 506. The summed E-state index contributed by atoms with van der Waals surface area (Å²) in [4.78, 5) is 8.36. The summed E-state index contributed by atoms with van der Waals surface area (Å²) in [6.45, 7) is 1.80. The van der Waals surface area contributed by atoms with Gasteiger partial charge in [-0.25, -0.2) is 0 Å². The van der Waals surface area contributed by atoms with Crippen molar-refractivity contribution < 1.29 is 9.90 Å². The highest BCUT2D eigenvalue weighted by Crippen LogP contribution is 2.25. The van der Waals surface area contributed by atoms with E-state index in [-0.39, 0.29) is 6.47 Å². The second kappa shape index (κ2) is 5.69. The number of carboxylic acid groups (broad SMARTS) is 1. The molecule has 1 aromatic heterocycles. The van der Waals surface area contributed by atoms with E-state index in [0.717, 1.165) is 16.8 Å². The van der Waals surface area contributed by atoms with E-state index in [1.165, 1.54) is 5.56 Å². The number of nitrogens with zero attached hydrogens (tertiary/aromatic N) is 2. The van der Waals surface area contributed by atoms with Gasteiger partial charge < -0.3 is 10.8 Å². The molecule has 0 aliphatic carbocycles. The van der Waals surface area contributed by atoms with Crippen LogP contribution < -0.4 is 5.73 Å². The van der Waals surface area contributed by atoms with E-state index < -0.39 is 0 Å². The van der Waals surface area contributed by atoms with Crippen LogP contribution in [0.4, 0.5) is 5.69 Å². The minimum absolute atomic E-state index is 0.250. The van der Waals surface area contributed by atoms with E-state index in [0.29, 0.717) is 0 Å². The third-order valence-corrected chi connectivity index (χ3v) is 2.22. The standard InChI is InChI=1S/C11H13N3.CH2O2/c1-8-3-4-11(12)10(5-8)9-6-13-14(2)7-9;2-1-3/h3-7H,12H2,1-2H3;1H,(H,2,3). The van der Waals surface area contributed by atoms with Crippen LogP contribution in [0.2, 0.25) is 0 Å². The molecule has 3 N–H and O–H groups in total. The Kier molecular flexibility index (Phi) is 4.28. The molecule has 1 heterocycles. The number of anilines is 1. The molecule has 90 valence electrons. The van der Waals surface area contributed by atoms with Crippen LogP contribution in [0.1, 0.15) is 5.56 Å². The highest BCUT2D eigenvalue weighted by atomic mass is 16.3. The smallest absolute Gasteiger partial charge is 0.290 e. The Balaban J connectivity index is 0.000000437. The number of carbonyl (C=O) groups is 1. The van der Waals surface area contributed by atoms with Gasteiger partial charge in [0.2, 0.25) is 0 Å². The molecule has 1 aromatic carbocycles. The van der Waals surface area contributed by atoms with Gasteiger partial charge in [-0.05, 0) is 19.1 Å². The average molecular weight is 233 g/mol. The van der Waals surface area contributed by atoms with Crippen LogP contribution in [0, 0.1) is 6.92 Å². The lowest BCUT2D eigenvalue weighted by Crippen LogP contribution is -1.89. The summed E-state index contributed by atoms with van der Waals surface area (Å²) in [6, 6.07) is 6.01. The SMILES string of the molecule is Cc1ccc(N)c(-c2cnn(C)c2)c1.O=CO. The summed E-state index contributed by atoms with van der Waals surface area (Å²) in [5.74, 6) is 0. The molecule has 0 amide bonds. The van der Waals surface area contributed by atoms with Crippen molar-refractivity contribution in [1.82, 2.24) is 9.78 Å². The first-order chi connectivity index (χ1) is 8.08. The lowest BCUT2D eigenvalue weighted by Gasteiger charge is -2.03. The number of nitrogen functional groups attached to an aromatic ring is 1. The number of rotatable bonds is 1. The second-order valence-electron chi connectivity index (χ2n) is 3.60. The molecule has 2 aromatic rings. The van der Waals surface area contributed by atoms with Crippen LogP contribution in [0.3, 0.4) is 0 Å². The van der Waals surface area contributed by atoms with E-state index in [9.17, 15) is 0 Å². The fourth-order valence-corrected chi connectivity index (χ4v) is 1.48. The first-order valence-corrected chi connectivity index (χ1v) is 5.01. The number of aromatic nitrogens is 2. The number of hydrogen-bond acceptors (Lipinski definition) is 3. The molecule has 0 radical (unpaired) electrons. The Morgan fingerprint density at radius 1 is 1.47 bits per heavy atom. The van der Waals surface area contributed by atoms with Crippen LogP contribution in [0.25, 0.3) is 11.1 Å². The zero-order chi connectivity index (χ0) is 12.8. The topological polar surface area (TPSA) is 81.1 Å². The lowest BCUT2D eigenvalue weighted by molar-refractivity contribution is -0.122. The first-order valence-electron chi connectivity index (χ1n) is 5.01. The maximum atomic E-state index is 8.36. The van der Waals surface area contributed by atoms with Crippen molar-refractivity contribution in [1.29, 1.82) is 0 Å². The Morgan fingerprint density at radius 3 is 2.65 bits per heavy atom. The number of nitrogens with two attached hydrogens (primary N) is 1. The summed E-state index contributed by atoms with van der Waals surface area (Å²) in [6.07, 6.45) is 3.79. The van der Waals surface area contributed by atoms with Crippen molar-refractivity contribution >= 4 is 12.2 Å². The summed E-state index contributed by atoms with van der Waals surface area (Å²) >= 11 is 0. The van der Waals surface area contributed by atoms with Gasteiger partial charge in [0.15, 0.2) is 0 Å². The molecule has 0 saturated carbocycles. The Labute approximate surface area is 99.5 Å². The third-order valence-electron chi connectivity index (χ3n) is 2.22. The molecule has 17 heavy (non-hydrogen) atoms. The van der Waals surface area contributed by atoms with Crippen LogP contribution >= 0.6 is 0 Å². The average Bonchev–Trinajstić information content (AvgIpc) is 2.70. The molecule has 0 spiro atoms. The van der Waals surface area contributed by atoms with Gasteiger partial charge in [0.05, 0.1) is 6.20 Å².